The number of hydrogen-bond donors (Lipinski definition) is 1. The van der Waals surface area contributed by atoms with E-state index in [4.69, 9.17) is 0 Å². The van der Waals surface area contributed by atoms with Crippen molar-refractivity contribution in [3.63, 3.8) is 0 Å². The highest BCUT2D eigenvalue weighted by Gasteiger charge is 2.23. The second-order valence-corrected chi connectivity index (χ2v) is 10.5. The van der Waals surface area contributed by atoms with E-state index in [1.807, 2.05) is 23.3 Å². The predicted octanol–water partition coefficient (Wildman–Crippen LogP) is 5.35. The van der Waals surface area contributed by atoms with Crippen molar-refractivity contribution in [1.29, 1.82) is 0 Å². The van der Waals surface area contributed by atoms with Gasteiger partial charge in [-0.3, -0.25) is 9.52 Å². The van der Waals surface area contributed by atoms with Crippen LogP contribution in [0.25, 0.3) is 0 Å². The molecule has 3 rings (SSSR count). The summed E-state index contributed by atoms with van der Waals surface area (Å²) in [5.41, 5.74) is 2.11. The molecule has 0 spiro atoms. The third-order valence-electron chi connectivity index (χ3n) is 5.43. The Hall–Kier alpha value is -1.99. The average Bonchev–Trinajstić information content (AvgIpc) is 3.02. The van der Waals surface area contributed by atoms with Gasteiger partial charge in [0.15, 0.2) is 0 Å². The van der Waals surface area contributed by atoms with Gasteiger partial charge in [0.05, 0.1) is 10.5 Å². The molecule has 5 nitrogen and oxygen atoms in total. The number of thioether (sulfide) groups is 1. The van der Waals surface area contributed by atoms with Crippen LogP contribution in [-0.4, -0.2) is 38.6 Å². The number of carbonyl (C=O) groups is 1. The summed E-state index contributed by atoms with van der Waals surface area (Å²) in [4.78, 5) is 15.9. The van der Waals surface area contributed by atoms with E-state index in [9.17, 15) is 13.2 Å². The lowest BCUT2D eigenvalue weighted by Crippen LogP contribution is -2.32. The number of nitrogens with one attached hydrogen (secondary N) is 1. The van der Waals surface area contributed by atoms with E-state index in [0.29, 0.717) is 17.2 Å². The van der Waals surface area contributed by atoms with Gasteiger partial charge in [-0.25, -0.2) is 8.42 Å². The molecule has 1 aliphatic heterocycles. The summed E-state index contributed by atoms with van der Waals surface area (Å²) in [6.07, 6.45) is 6.15. The molecule has 1 heterocycles. The Labute approximate surface area is 184 Å². The van der Waals surface area contributed by atoms with Gasteiger partial charge in [-0.1, -0.05) is 38.8 Å². The van der Waals surface area contributed by atoms with Crippen LogP contribution in [0.1, 0.15) is 61.4 Å². The van der Waals surface area contributed by atoms with Gasteiger partial charge in [-0.05, 0) is 60.9 Å². The van der Waals surface area contributed by atoms with Crippen molar-refractivity contribution in [1.82, 2.24) is 4.90 Å². The normalized spacial score (nSPS) is 15.1. The number of hydrogen-bond acceptors (Lipinski definition) is 4. The molecule has 2 aromatic rings. The van der Waals surface area contributed by atoms with Crippen LogP contribution < -0.4 is 4.72 Å². The van der Waals surface area contributed by atoms with Gasteiger partial charge < -0.3 is 4.90 Å². The number of likely N-dealkylation sites (tertiary alicyclic amines) is 1. The zero-order valence-electron chi connectivity index (χ0n) is 17.8. The average molecular weight is 447 g/mol. The number of sulfonamides is 1. The van der Waals surface area contributed by atoms with Crippen LogP contribution in [0, 0.1) is 0 Å². The molecule has 1 fully saturated rings. The topological polar surface area (TPSA) is 66.5 Å². The van der Waals surface area contributed by atoms with E-state index in [-0.39, 0.29) is 10.8 Å². The molecule has 30 heavy (non-hydrogen) atoms. The molecule has 7 heteroatoms. The van der Waals surface area contributed by atoms with Crippen molar-refractivity contribution in [2.45, 2.75) is 55.2 Å². The smallest absolute Gasteiger partial charge is 0.261 e. The molecule has 0 atom stereocenters. The molecule has 162 valence electrons. The summed E-state index contributed by atoms with van der Waals surface area (Å²) < 4.78 is 28.6. The predicted molar refractivity (Wildman–Crippen MR) is 124 cm³/mol. The molecule has 0 radical (unpaired) electrons. The number of rotatable bonds is 6. The minimum Gasteiger partial charge on any atom is -0.339 e. The molecule has 0 aromatic heterocycles. The zero-order valence-corrected chi connectivity index (χ0v) is 19.5. The van der Waals surface area contributed by atoms with Crippen LogP contribution in [-0.2, 0) is 10.0 Å². The van der Waals surface area contributed by atoms with E-state index < -0.39 is 10.0 Å². The van der Waals surface area contributed by atoms with Crippen LogP contribution in [0.15, 0.2) is 52.3 Å². The maximum Gasteiger partial charge on any atom is 0.261 e. The fraction of sp³-hybridized carbons (Fsp3) is 0.435. The summed E-state index contributed by atoms with van der Waals surface area (Å²) in [5.74, 6) is 0.293. The SMILES string of the molecule is CSc1ccc(S(=O)(=O)Nc2ccc(C(C)C)cc2)cc1C(=O)N1CCCCCC1. The number of anilines is 1. The first-order valence-electron chi connectivity index (χ1n) is 10.4. The third-order valence-corrected chi connectivity index (χ3v) is 7.61. The molecule has 1 N–H and O–H groups in total. The molecule has 1 amide bonds. The van der Waals surface area contributed by atoms with E-state index in [1.54, 1.807) is 24.3 Å². The van der Waals surface area contributed by atoms with Gasteiger partial charge in [-0.2, -0.15) is 0 Å². The second-order valence-electron chi connectivity index (χ2n) is 7.95. The molecular formula is C23H30N2O3S2. The molecule has 1 saturated heterocycles. The summed E-state index contributed by atoms with van der Waals surface area (Å²) in [7, 11) is -3.80. The van der Waals surface area contributed by atoms with Gasteiger partial charge in [0.2, 0.25) is 0 Å². The van der Waals surface area contributed by atoms with Gasteiger partial charge in [0.25, 0.3) is 15.9 Å². The highest BCUT2D eigenvalue weighted by atomic mass is 32.2. The zero-order chi connectivity index (χ0) is 21.7. The number of nitrogens with zero attached hydrogens (tertiary/aromatic N) is 1. The molecule has 0 aliphatic carbocycles. The first kappa shape index (κ1) is 22.7. The molecule has 0 saturated carbocycles. The van der Waals surface area contributed by atoms with Gasteiger partial charge >= 0.3 is 0 Å². The van der Waals surface area contributed by atoms with E-state index in [1.165, 1.54) is 17.8 Å². The largest absolute Gasteiger partial charge is 0.339 e. The van der Waals surface area contributed by atoms with Gasteiger partial charge in [0.1, 0.15) is 0 Å². The van der Waals surface area contributed by atoms with Crippen molar-refractivity contribution in [2.75, 3.05) is 24.1 Å². The molecule has 2 aromatic carbocycles. The standard InChI is InChI=1S/C23H30N2O3S2/c1-17(2)18-8-10-19(11-9-18)24-30(27,28)20-12-13-22(29-3)21(16-20)23(26)25-14-6-4-5-7-15-25/h8-13,16-17,24H,4-7,14-15H2,1-3H3. The molecule has 1 aliphatic rings. The highest BCUT2D eigenvalue weighted by molar-refractivity contribution is 7.98. The Bertz CT molecular complexity index is 978. The van der Waals surface area contributed by atoms with Crippen molar-refractivity contribution in [3.05, 3.63) is 53.6 Å². The van der Waals surface area contributed by atoms with Crippen molar-refractivity contribution in [2.24, 2.45) is 0 Å². The lowest BCUT2D eigenvalue weighted by molar-refractivity contribution is 0.0758. The lowest BCUT2D eigenvalue weighted by Gasteiger charge is -2.22. The second kappa shape index (κ2) is 9.88. The maximum atomic E-state index is 13.2. The van der Waals surface area contributed by atoms with E-state index >= 15 is 0 Å². The van der Waals surface area contributed by atoms with E-state index in [0.717, 1.165) is 49.2 Å². The Morgan fingerprint density at radius 2 is 1.63 bits per heavy atom. The number of carbonyl (C=O) groups excluding carboxylic acids is 1. The Balaban J connectivity index is 1.87. The highest BCUT2D eigenvalue weighted by Crippen LogP contribution is 2.27. The Morgan fingerprint density at radius 3 is 2.20 bits per heavy atom. The fourth-order valence-electron chi connectivity index (χ4n) is 3.62. The Kier molecular flexibility index (Phi) is 7.47. The van der Waals surface area contributed by atoms with Crippen molar-refractivity contribution < 1.29 is 13.2 Å². The molecular weight excluding hydrogens is 416 g/mol. The summed E-state index contributed by atoms with van der Waals surface area (Å²) in [5, 5.41) is 0. The minimum absolute atomic E-state index is 0.0837. The van der Waals surface area contributed by atoms with Crippen LogP contribution in [0.5, 0.6) is 0 Å². The van der Waals surface area contributed by atoms with Crippen molar-refractivity contribution in [3.8, 4) is 0 Å². The van der Waals surface area contributed by atoms with Gasteiger partial charge in [0, 0.05) is 23.7 Å². The first-order chi connectivity index (χ1) is 14.3. The molecule has 0 unspecified atom stereocenters. The van der Waals surface area contributed by atoms with Crippen molar-refractivity contribution >= 4 is 33.4 Å². The van der Waals surface area contributed by atoms with Crippen LogP contribution in [0.2, 0.25) is 0 Å². The number of amides is 1. The number of benzene rings is 2. The quantitative estimate of drug-likeness (QED) is 0.608. The molecule has 0 bridgehead atoms. The third kappa shape index (κ3) is 5.38. The van der Waals surface area contributed by atoms with Crippen LogP contribution in [0.4, 0.5) is 5.69 Å². The summed E-state index contributed by atoms with van der Waals surface area (Å²) in [6, 6.07) is 12.2. The monoisotopic (exact) mass is 446 g/mol. The Morgan fingerprint density at radius 1 is 1.00 bits per heavy atom. The van der Waals surface area contributed by atoms with Crippen LogP contribution >= 0.6 is 11.8 Å². The first-order valence-corrected chi connectivity index (χ1v) is 13.1. The van der Waals surface area contributed by atoms with E-state index in [2.05, 4.69) is 18.6 Å². The summed E-state index contributed by atoms with van der Waals surface area (Å²) in [6.45, 7) is 5.64. The lowest BCUT2D eigenvalue weighted by atomic mass is 10.0. The maximum absolute atomic E-state index is 13.2. The fourth-order valence-corrected chi connectivity index (χ4v) is 5.27. The minimum atomic E-state index is -3.80. The van der Waals surface area contributed by atoms with Gasteiger partial charge in [-0.15, -0.1) is 11.8 Å². The van der Waals surface area contributed by atoms with Crippen LogP contribution in [0.3, 0.4) is 0 Å². The summed E-state index contributed by atoms with van der Waals surface area (Å²) >= 11 is 1.46.